The number of hydrogen-bond donors (Lipinski definition) is 0. The van der Waals surface area contributed by atoms with Gasteiger partial charge >= 0.3 is 5.97 Å². The van der Waals surface area contributed by atoms with Crippen LogP contribution < -0.4 is 9.47 Å². The van der Waals surface area contributed by atoms with Crippen LogP contribution in [0.3, 0.4) is 0 Å². The average molecular weight is 369 g/mol. The Morgan fingerprint density at radius 1 is 0.926 bits per heavy atom. The normalized spacial score (nSPS) is 14.0. The molecule has 2 aromatic carbocycles. The van der Waals surface area contributed by atoms with Crippen LogP contribution in [0.15, 0.2) is 42.5 Å². The third-order valence-electron chi connectivity index (χ3n) is 4.52. The standard InChI is InChI=1S/C20H19NO6/c1-25-16-9-8-12(10-17(16)26-2)15(11-18(22)27-3)21-19(23)13-6-4-5-7-14(13)20(21)24/h4-10,15H,11H2,1-3H3/t15-/m0/s1. The van der Waals surface area contributed by atoms with Gasteiger partial charge in [0.25, 0.3) is 11.8 Å². The van der Waals surface area contributed by atoms with Crippen LogP contribution in [0.5, 0.6) is 11.5 Å². The van der Waals surface area contributed by atoms with Gasteiger partial charge in [0, 0.05) is 0 Å². The zero-order valence-corrected chi connectivity index (χ0v) is 15.2. The lowest BCUT2D eigenvalue weighted by Gasteiger charge is -2.26. The van der Waals surface area contributed by atoms with Crippen molar-refractivity contribution in [3.8, 4) is 11.5 Å². The summed E-state index contributed by atoms with van der Waals surface area (Å²) in [5.41, 5.74) is 1.20. The number of amides is 2. The lowest BCUT2D eigenvalue weighted by atomic mass is 10.0. The van der Waals surface area contributed by atoms with Crippen LogP contribution >= 0.6 is 0 Å². The molecule has 2 aromatic rings. The second-order valence-electron chi connectivity index (χ2n) is 5.94. The lowest BCUT2D eigenvalue weighted by molar-refractivity contribution is -0.141. The van der Waals surface area contributed by atoms with Crippen molar-refractivity contribution in [1.29, 1.82) is 0 Å². The maximum absolute atomic E-state index is 12.9. The van der Waals surface area contributed by atoms with E-state index in [2.05, 4.69) is 0 Å². The van der Waals surface area contributed by atoms with E-state index in [9.17, 15) is 14.4 Å². The van der Waals surface area contributed by atoms with Gasteiger partial charge in [-0.15, -0.1) is 0 Å². The van der Waals surface area contributed by atoms with E-state index >= 15 is 0 Å². The predicted molar refractivity (Wildman–Crippen MR) is 95.9 cm³/mol. The highest BCUT2D eigenvalue weighted by atomic mass is 16.5. The van der Waals surface area contributed by atoms with Gasteiger partial charge in [0.2, 0.25) is 0 Å². The van der Waals surface area contributed by atoms with Crippen LogP contribution in [-0.2, 0) is 9.53 Å². The number of ether oxygens (including phenoxy) is 3. The maximum Gasteiger partial charge on any atom is 0.307 e. The molecule has 27 heavy (non-hydrogen) atoms. The first-order valence-corrected chi connectivity index (χ1v) is 8.27. The molecule has 3 rings (SSSR count). The summed E-state index contributed by atoms with van der Waals surface area (Å²) in [5, 5.41) is 0. The smallest absolute Gasteiger partial charge is 0.307 e. The third kappa shape index (κ3) is 3.23. The van der Waals surface area contributed by atoms with Gasteiger partial charge in [-0.1, -0.05) is 18.2 Å². The van der Waals surface area contributed by atoms with Crippen molar-refractivity contribution in [3.63, 3.8) is 0 Å². The van der Waals surface area contributed by atoms with Crippen LogP contribution in [0.2, 0.25) is 0 Å². The number of esters is 1. The van der Waals surface area contributed by atoms with Gasteiger partial charge in [-0.05, 0) is 29.8 Å². The number of nitrogens with zero attached hydrogens (tertiary/aromatic N) is 1. The molecule has 0 aromatic heterocycles. The fraction of sp³-hybridized carbons (Fsp3) is 0.250. The van der Waals surface area contributed by atoms with E-state index in [1.165, 1.54) is 21.3 Å². The minimum absolute atomic E-state index is 0.169. The molecule has 0 radical (unpaired) electrons. The Bertz CT molecular complexity index is 872. The van der Waals surface area contributed by atoms with Crippen LogP contribution in [0, 0.1) is 0 Å². The molecule has 140 valence electrons. The Hall–Kier alpha value is -3.35. The fourth-order valence-corrected chi connectivity index (χ4v) is 3.15. The van der Waals surface area contributed by atoms with E-state index in [0.29, 0.717) is 28.2 Å². The number of hydrogen-bond acceptors (Lipinski definition) is 6. The van der Waals surface area contributed by atoms with Crippen LogP contribution in [0.1, 0.15) is 38.7 Å². The maximum atomic E-state index is 12.9. The summed E-state index contributed by atoms with van der Waals surface area (Å²) in [4.78, 5) is 38.8. The summed E-state index contributed by atoms with van der Waals surface area (Å²) in [5.74, 6) is -0.494. The Morgan fingerprint density at radius 3 is 2.04 bits per heavy atom. The van der Waals surface area contributed by atoms with Crippen LogP contribution in [0.25, 0.3) is 0 Å². The van der Waals surface area contributed by atoms with Gasteiger partial charge in [-0.25, -0.2) is 0 Å². The Kier molecular flexibility index (Phi) is 5.12. The molecule has 0 bridgehead atoms. The van der Waals surface area contributed by atoms with Crippen LogP contribution in [-0.4, -0.2) is 44.0 Å². The molecule has 0 spiro atoms. The lowest BCUT2D eigenvalue weighted by Crippen LogP contribution is -2.35. The summed E-state index contributed by atoms with van der Waals surface area (Å²) in [6.45, 7) is 0. The fourth-order valence-electron chi connectivity index (χ4n) is 3.15. The number of carbonyl (C=O) groups is 3. The molecule has 0 saturated carbocycles. The summed E-state index contributed by atoms with van der Waals surface area (Å²) in [6, 6.07) is 10.8. The van der Waals surface area contributed by atoms with Gasteiger partial charge in [0.1, 0.15) is 0 Å². The van der Waals surface area contributed by atoms with E-state index in [1.807, 2.05) is 0 Å². The molecule has 1 atom stereocenters. The molecular formula is C20H19NO6. The molecular weight excluding hydrogens is 350 g/mol. The molecule has 1 aliphatic heterocycles. The van der Waals surface area contributed by atoms with Crippen molar-refractivity contribution in [3.05, 3.63) is 59.2 Å². The predicted octanol–water partition coefficient (Wildman–Crippen LogP) is 2.60. The molecule has 0 aliphatic carbocycles. The van der Waals surface area contributed by atoms with E-state index in [-0.39, 0.29) is 6.42 Å². The highest BCUT2D eigenvalue weighted by Gasteiger charge is 2.41. The number of imide groups is 1. The topological polar surface area (TPSA) is 82.1 Å². The van der Waals surface area contributed by atoms with E-state index in [0.717, 1.165) is 4.90 Å². The van der Waals surface area contributed by atoms with Crippen molar-refractivity contribution in [1.82, 2.24) is 4.90 Å². The minimum atomic E-state index is -0.829. The quantitative estimate of drug-likeness (QED) is 0.575. The third-order valence-corrected chi connectivity index (χ3v) is 4.52. The molecule has 1 heterocycles. The minimum Gasteiger partial charge on any atom is -0.493 e. The zero-order chi connectivity index (χ0) is 19.6. The number of carbonyl (C=O) groups excluding carboxylic acids is 3. The Labute approximate surface area is 156 Å². The molecule has 0 unspecified atom stereocenters. The van der Waals surface area contributed by atoms with Gasteiger partial charge < -0.3 is 14.2 Å². The van der Waals surface area contributed by atoms with Crippen molar-refractivity contribution >= 4 is 17.8 Å². The van der Waals surface area contributed by atoms with Crippen molar-refractivity contribution in [2.24, 2.45) is 0 Å². The largest absolute Gasteiger partial charge is 0.493 e. The highest BCUT2D eigenvalue weighted by Crippen LogP contribution is 2.37. The van der Waals surface area contributed by atoms with Crippen molar-refractivity contribution < 1.29 is 28.6 Å². The second-order valence-corrected chi connectivity index (χ2v) is 5.94. The Balaban J connectivity index is 2.07. The first-order chi connectivity index (χ1) is 13.0. The summed E-state index contributed by atoms with van der Waals surface area (Å²) >= 11 is 0. The van der Waals surface area contributed by atoms with Gasteiger partial charge in [-0.3, -0.25) is 19.3 Å². The van der Waals surface area contributed by atoms with Crippen molar-refractivity contribution in [2.75, 3.05) is 21.3 Å². The van der Waals surface area contributed by atoms with E-state index in [1.54, 1.807) is 42.5 Å². The summed E-state index contributed by atoms with van der Waals surface area (Å²) < 4.78 is 15.3. The number of rotatable bonds is 6. The van der Waals surface area contributed by atoms with E-state index in [4.69, 9.17) is 14.2 Å². The molecule has 7 heteroatoms. The SMILES string of the molecule is COC(=O)C[C@@H](c1ccc(OC)c(OC)c1)N1C(=O)c2ccccc2C1=O. The zero-order valence-electron chi connectivity index (χ0n) is 15.2. The monoisotopic (exact) mass is 369 g/mol. The molecule has 2 amide bonds. The first kappa shape index (κ1) is 18.4. The Morgan fingerprint density at radius 2 is 1.52 bits per heavy atom. The molecule has 7 nitrogen and oxygen atoms in total. The molecule has 0 saturated heterocycles. The highest BCUT2D eigenvalue weighted by molar-refractivity contribution is 6.21. The number of methoxy groups -OCH3 is 3. The molecule has 1 aliphatic rings. The van der Waals surface area contributed by atoms with Gasteiger partial charge in [-0.2, -0.15) is 0 Å². The van der Waals surface area contributed by atoms with Gasteiger partial charge in [0.05, 0.1) is 44.9 Å². The molecule has 0 fully saturated rings. The van der Waals surface area contributed by atoms with Crippen molar-refractivity contribution in [2.45, 2.75) is 12.5 Å². The molecule has 0 N–H and O–H groups in total. The van der Waals surface area contributed by atoms with E-state index < -0.39 is 23.8 Å². The number of fused-ring (bicyclic) bond motifs is 1. The van der Waals surface area contributed by atoms with Crippen LogP contribution in [0.4, 0.5) is 0 Å². The second kappa shape index (κ2) is 7.49. The summed E-state index contributed by atoms with van der Waals surface area (Å²) in [7, 11) is 4.25. The first-order valence-electron chi connectivity index (χ1n) is 8.27. The number of benzene rings is 2. The summed E-state index contributed by atoms with van der Waals surface area (Å²) in [6.07, 6.45) is -0.169. The average Bonchev–Trinajstić information content (AvgIpc) is 2.96. The van der Waals surface area contributed by atoms with Gasteiger partial charge in [0.15, 0.2) is 11.5 Å².